The van der Waals surface area contributed by atoms with Crippen LogP contribution in [0.4, 0.5) is 8.78 Å². The number of nitrogens with zero attached hydrogens (tertiary/aromatic N) is 2. The molecule has 0 bridgehead atoms. The van der Waals surface area contributed by atoms with Crippen LogP contribution in [-0.2, 0) is 6.54 Å². The fourth-order valence-electron chi connectivity index (χ4n) is 2.52. The van der Waals surface area contributed by atoms with Crippen LogP contribution in [-0.4, -0.2) is 22.1 Å². The molecular weight excluding hydrogens is 236 g/mol. The van der Waals surface area contributed by atoms with E-state index in [-0.39, 0.29) is 0 Å². The number of benzene rings is 1. The highest BCUT2D eigenvalue weighted by Gasteiger charge is 2.15. The molecule has 1 aliphatic rings. The number of imidazole rings is 1. The van der Waals surface area contributed by atoms with Gasteiger partial charge in [0.15, 0.2) is 11.6 Å². The van der Waals surface area contributed by atoms with Crippen molar-refractivity contribution < 1.29 is 8.78 Å². The van der Waals surface area contributed by atoms with Crippen LogP contribution in [0.1, 0.15) is 19.3 Å². The lowest BCUT2D eigenvalue weighted by Crippen LogP contribution is -2.37. The summed E-state index contributed by atoms with van der Waals surface area (Å²) in [5.74, 6) is -1.66. The molecule has 0 radical (unpaired) electrons. The van der Waals surface area contributed by atoms with Crippen LogP contribution >= 0.6 is 0 Å². The largest absolute Gasteiger partial charge is 0.329 e. The lowest BCUT2D eigenvalue weighted by atomic mass is 10.1. The molecule has 1 unspecified atom stereocenters. The van der Waals surface area contributed by atoms with Gasteiger partial charge in [-0.1, -0.05) is 6.42 Å². The summed E-state index contributed by atoms with van der Waals surface area (Å²) in [7, 11) is 0. The number of hydrogen-bond acceptors (Lipinski definition) is 2. The molecule has 3 nitrogen and oxygen atoms in total. The molecule has 1 N–H and O–H groups in total. The maximum Gasteiger partial charge on any atom is 0.161 e. The summed E-state index contributed by atoms with van der Waals surface area (Å²) in [4.78, 5) is 4.11. The van der Waals surface area contributed by atoms with Crippen molar-refractivity contribution in [3.63, 3.8) is 0 Å². The fraction of sp³-hybridized carbons (Fsp3) is 0.462. The predicted molar refractivity (Wildman–Crippen MR) is 65.3 cm³/mol. The molecule has 0 amide bonds. The standard InChI is InChI=1S/C13H15F2N3/c14-10-5-12-13(6-11(10)15)18(8-17-12)7-9-3-1-2-4-16-9/h5-6,8-9,16H,1-4,7H2. The molecule has 0 saturated carbocycles. The monoisotopic (exact) mass is 251 g/mol. The molecule has 0 aliphatic carbocycles. The number of aromatic nitrogens is 2. The van der Waals surface area contributed by atoms with Crippen molar-refractivity contribution in [3.8, 4) is 0 Å². The van der Waals surface area contributed by atoms with E-state index in [1.54, 1.807) is 6.33 Å². The van der Waals surface area contributed by atoms with Crippen molar-refractivity contribution in [2.75, 3.05) is 6.54 Å². The van der Waals surface area contributed by atoms with E-state index in [4.69, 9.17) is 0 Å². The SMILES string of the molecule is Fc1cc2ncn(CC3CCCCN3)c2cc1F. The van der Waals surface area contributed by atoms with Crippen LogP contribution in [0.25, 0.3) is 11.0 Å². The number of halogens is 2. The number of nitrogens with one attached hydrogen (secondary N) is 1. The Hall–Kier alpha value is -1.49. The van der Waals surface area contributed by atoms with Gasteiger partial charge in [0.2, 0.25) is 0 Å². The second-order valence-corrected chi connectivity index (χ2v) is 4.80. The van der Waals surface area contributed by atoms with Crippen LogP contribution < -0.4 is 5.32 Å². The first-order chi connectivity index (χ1) is 8.74. The van der Waals surface area contributed by atoms with Gasteiger partial charge in [-0.3, -0.25) is 0 Å². The van der Waals surface area contributed by atoms with Gasteiger partial charge in [0.25, 0.3) is 0 Å². The number of fused-ring (bicyclic) bond motifs is 1. The van der Waals surface area contributed by atoms with Gasteiger partial charge < -0.3 is 9.88 Å². The van der Waals surface area contributed by atoms with Crippen LogP contribution in [0, 0.1) is 11.6 Å². The summed E-state index contributed by atoms with van der Waals surface area (Å²) < 4.78 is 28.2. The Morgan fingerprint density at radius 3 is 2.89 bits per heavy atom. The van der Waals surface area contributed by atoms with E-state index >= 15 is 0 Å². The van der Waals surface area contributed by atoms with Gasteiger partial charge in [-0.2, -0.15) is 0 Å². The summed E-state index contributed by atoms with van der Waals surface area (Å²) in [6, 6.07) is 2.76. The van der Waals surface area contributed by atoms with E-state index < -0.39 is 11.6 Å². The Morgan fingerprint density at radius 2 is 2.11 bits per heavy atom. The van der Waals surface area contributed by atoms with Gasteiger partial charge in [-0.15, -0.1) is 0 Å². The molecule has 2 aromatic rings. The lowest BCUT2D eigenvalue weighted by Gasteiger charge is -2.23. The van der Waals surface area contributed by atoms with Crippen molar-refractivity contribution in [2.45, 2.75) is 31.8 Å². The van der Waals surface area contributed by atoms with Gasteiger partial charge in [0.05, 0.1) is 17.4 Å². The number of hydrogen-bond donors (Lipinski definition) is 1. The molecular formula is C13H15F2N3. The first kappa shape index (κ1) is 11.6. The molecule has 18 heavy (non-hydrogen) atoms. The maximum atomic E-state index is 13.3. The van der Waals surface area contributed by atoms with E-state index in [1.165, 1.54) is 18.9 Å². The third-order valence-corrected chi connectivity index (χ3v) is 3.49. The Labute approximate surface area is 104 Å². The molecule has 5 heteroatoms. The highest BCUT2D eigenvalue weighted by Crippen LogP contribution is 2.19. The van der Waals surface area contributed by atoms with Crippen LogP contribution in [0.5, 0.6) is 0 Å². The molecule has 1 aliphatic heterocycles. The zero-order chi connectivity index (χ0) is 12.5. The minimum atomic E-state index is -0.844. The summed E-state index contributed by atoms with van der Waals surface area (Å²) in [6.45, 7) is 1.78. The molecule has 3 rings (SSSR count). The van der Waals surface area contributed by atoms with Crippen molar-refractivity contribution >= 4 is 11.0 Å². The fourth-order valence-corrected chi connectivity index (χ4v) is 2.52. The van der Waals surface area contributed by atoms with Gasteiger partial charge >= 0.3 is 0 Å². The van der Waals surface area contributed by atoms with Gasteiger partial charge in [0, 0.05) is 24.7 Å². The maximum absolute atomic E-state index is 13.3. The quantitative estimate of drug-likeness (QED) is 0.888. The van der Waals surface area contributed by atoms with Gasteiger partial charge in [0.1, 0.15) is 0 Å². The topological polar surface area (TPSA) is 29.9 Å². The van der Waals surface area contributed by atoms with Crippen LogP contribution in [0.3, 0.4) is 0 Å². The average molecular weight is 251 g/mol. The van der Waals surface area contributed by atoms with Crippen LogP contribution in [0.2, 0.25) is 0 Å². The first-order valence-electron chi connectivity index (χ1n) is 6.27. The Bertz CT molecular complexity index is 559. The molecule has 1 aromatic heterocycles. The van der Waals surface area contributed by atoms with E-state index in [0.29, 0.717) is 17.1 Å². The summed E-state index contributed by atoms with van der Waals surface area (Å²) in [5, 5.41) is 3.43. The molecule has 2 heterocycles. The zero-order valence-electron chi connectivity index (χ0n) is 10.00. The Kier molecular flexibility index (Phi) is 2.99. The van der Waals surface area contributed by atoms with E-state index in [0.717, 1.165) is 25.6 Å². The minimum Gasteiger partial charge on any atom is -0.329 e. The Morgan fingerprint density at radius 1 is 1.28 bits per heavy atom. The zero-order valence-corrected chi connectivity index (χ0v) is 10.00. The molecule has 96 valence electrons. The summed E-state index contributed by atoms with van der Waals surface area (Å²) in [6.07, 6.45) is 5.19. The van der Waals surface area contributed by atoms with E-state index in [1.807, 2.05) is 4.57 Å². The molecule has 1 fully saturated rings. The predicted octanol–water partition coefficient (Wildman–Crippen LogP) is 2.46. The van der Waals surface area contributed by atoms with Gasteiger partial charge in [-0.25, -0.2) is 13.8 Å². The normalized spacial score (nSPS) is 20.4. The summed E-state index contributed by atoms with van der Waals surface area (Å²) >= 11 is 0. The minimum absolute atomic E-state index is 0.393. The molecule has 0 spiro atoms. The average Bonchev–Trinajstić information content (AvgIpc) is 2.74. The second-order valence-electron chi connectivity index (χ2n) is 4.80. The van der Waals surface area contributed by atoms with Crippen LogP contribution in [0.15, 0.2) is 18.5 Å². The molecule has 1 aromatic carbocycles. The highest BCUT2D eigenvalue weighted by atomic mass is 19.2. The number of piperidine rings is 1. The smallest absolute Gasteiger partial charge is 0.161 e. The third kappa shape index (κ3) is 2.10. The molecule has 1 saturated heterocycles. The number of rotatable bonds is 2. The van der Waals surface area contributed by atoms with Crippen molar-refractivity contribution in [2.24, 2.45) is 0 Å². The van der Waals surface area contributed by atoms with Crippen molar-refractivity contribution in [1.82, 2.24) is 14.9 Å². The lowest BCUT2D eigenvalue weighted by molar-refractivity contribution is 0.366. The molecule has 1 atom stereocenters. The Balaban J connectivity index is 1.89. The van der Waals surface area contributed by atoms with Gasteiger partial charge in [-0.05, 0) is 19.4 Å². The van der Waals surface area contributed by atoms with Crippen molar-refractivity contribution in [1.29, 1.82) is 0 Å². The first-order valence-corrected chi connectivity index (χ1v) is 6.27. The van der Waals surface area contributed by atoms with Crippen molar-refractivity contribution in [3.05, 3.63) is 30.1 Å². The third-order valence-electron chi connectivity index (χ3n) is 3.49. The highest BCUT2D eigenvalue weighted by molar-refractivity contribution is 5.75. The second kappa shape index (κ2) is 4.65. The summed E-state index contributed by atoms with van der Waals surface area (Å²) in [5.41, 5.74) is 1.16. The van der Waals surface area contributed by atoms with E-state index in [2.05, 4.69) is 10.3 Å². The van der Waals surface area contributed by atoms with E-state index in [9.17, 15) is 8.78 Å².